The molecule has 0 aliphatic heterocycles. The molecule has 0 saturated carbocycles. The average molecular weight is 187 g/mol. The second kappa shape index (κ2) is 5.02. The highest BCUT2D eigenvalue weighted by Gasteiger charge is 2.06. The van der Waals surface area contributed by atoms with Crippen LogP contribution in [0.4, 0.5) is 0 Å². The van der Waals surface area contributed by atoms with Crippen molar-refractivity contribution in [1.82, 2.24) is 5.32 Å². The van der Waals surface area contributed by atoms with Crippen LogP contribution in [0.3, 0.4) is 0 Å². The molecule has 0 aliphatic carbocycles. The number of hydrogen-bond acceptors (Lipinski definition) is 1. The minimum Gasteiger partial charge on any atom is -0.342 e. The van der Waals surface area contributed by atoms with Crippen LogP contribution in [0.1, 0.15) is 10.4 Å². The van der Waals surface area contributed by atoms with Gasteiger partial charge in [-0.3, -0.25) is 4.79 Å². The molecular weight excluding hydrogens is 174 g/mol. The normalized spacial score (nSPS) is 9.50. The maximum Gasteiger partial charge on any atom is 0.251 e. The van der Waals surface area contributed by atoms with E-state index in [-0.39, 0.29) is 11.9 Å². The number of carbonyl (C=O) groups is 1. The van der Waals surface area contributed by atoms with Gasteiger partial charge in [0.05, 0.1) is 6.04 Å². The lowest BCUT2D eigenvalue weighted by Gasteiger charge is -2.09. The third-order valence-electron chi connectivity index (χ3n) is 1.84. The van der Waals surface area contributed by atoms with E-state index >= 15 is 0 Å². The summed E-state index contributed by atoms with van der Waals surface area (Å²) in [5, 5.41) is 2.76. The highest BCUT2D eigenvalue weighted by Crippen LogP contribution is 1.99. The van der Waals surface area contributed by atoms with Crippen LogP contribution < -0.4 is 5.32 Å². The topological polar surface area (TPSA) is 29.1 Å². The first-order chi connectivity index (χ1) is 6.77. The highest BCUT2D eigenvalue weighted by atomic mass is 16.1. The summed E-state index contributed by atoms with van der Waals surface area (Å²) in [6, 6.07) is 8.87. The largest absolute Gasteiger partial charge is 0.342 e. The fourth-order valence-electron chi connectivity index (χ4n) is 1.04. The second-order valence-electron chi connectivity index (χ2n) is 2.84. The number of carbonyl (C=O) groups excluding carboxylic acids is 1. The molecule has 0 heterocycles. The number of hydrogen-bond donors (Lipinski definition) is 1. The van der Waals surface area contributed by atoms with E-state index in [9.17, 15) is 4.79 Å². The Hall–Kier alpha value is -1.83. The molecular formula is C12H13NO. The maximum atomic E-state index is 11.6. The van der Waals surface area contributed by atoms with Crippen LogP contribution in [0.5, 0.6) is 0 Å². The third kappa shape index (κ3) is 2.59. The summed E-state index contributed by atoms with van der Waals surface area (Å²) in [6.07, 6.45) is 3.27. The van der Waals surface area contributed by atoms with E-state index in [4.69, 9.17) is 0 Å². The Bertz CT molecular complexity index is 321. The molecule has 0 spiro atoms. The van der Waals surface area contributed by atoms with Crippen LogP contribution in [0.2, 0.25) is 0 Å². The molecule has 1 aromatic carbocycles. The molecule has 14 heavy (non-hydrogen) atoms. The third-order valence-corrected chi connectivity index (χ3v) is 1.84. The van der Waals surface area contributed by atoms with Crippen LogP contribution >= 0.6 is 0 Å². The molecule has 0 fully saturated rings. The Morgan fingerprint density at radius 2 is 1.79 bits per heavy atom. The number of amides is 1. The van der Waals surface area contributed by atoms with Gasteiger partial charge in [-0.25, -0.2) is 0 Å². The lowest BCUT2D eigenvalue weighted by molar-refractivity contribution is 0.0950. The van der Waals surface area contributed by atoms with Crippen LogP contribution in [-0.2, 0) is 0 Å². The molecule has 0 unspecified atom stereocenters. The standard InChI is InChI=1S/C12H13NO/c1-3-11(4-2)13-12(14)10-8-6-5-7-9-10/h3-9,11H,1-2H2,(H,13,14). The van der Waals surface area contributed by atoms with Crippen molar-refractivity contribution in [1.29, 1.82) is 0 Å². The average Bonchev–Trinajstić information content (AvgIpc) is 2.26. The predicted molar refractivity (Wildman–Crippen MR) is 58.1 cm³/mol. The van der Waals surface area contributed by atoms with Crippen molar-refractivity contribution in [2.75, 3.05) is 0 Å². The van der Waals surface area contributed by atoms with Gasteiger partial charge >= 0.3 is 0 Å². The first-order valence-electron chi connectivity index (χ1n) is 4.39. The van der Waals surface area contributed by atoms with Gasteiger partial charge in [-0.05, 0) is 12.1 Å². The Balaban J connectivity index is 2.67. The van der Waals surface area contributed by atoms with Gasteiger partial charge in [0.2, 0.25) is 0 Å². The van der Waals surface area contributed by atoms with E-state index in [0.29, 0.717) is 5.56 Å². The fraction of sp³-hybridized carbons (Fsp3) is 0.0833. The van der Waals surface area contributed by atoms with E-state index in [1.807, 2.05) is 18.2 Å². The maximum absolute atomic E-state index is 11.6. The van der Waals surface area contributed by atoms with E-state index in [1.54, 1.807) is 24.3 Å². The first kappa shape index (κ1) is 10.3. The van der Waals surface area contributed by atoms with Gasteiger partial charge in [0.25, 0.3) is 5.91 Å². The van der Waals surface area contributed by atoms with Crippen molar-refractivity contribution >= 4 is 5.91 Å². The molecule has 72 valence electrons. The highest BCUT2D eigenvalue weighted by molar-refractivity contribution is 5.94. The van der Waals surface area contributed by atoms with Crippen molar-refractivity contribution in [3.8, 4) is 0 Å². The van der Waals surface area contributed by atoms with Gasteiger partial charge in [0.15, 0.2) is 0 Å². The molecule has 0 saturated heterocycles. The molecule has 1 N–H and O–H groups in total. The summed E-state index contributed by atoms with van der Waals surface area (Å²) in [7, 11) is 0. The van der Waals surface area contributed by atoms with Crippen molar-refractivity contribution in [2.45, 2.75) is 6.04 Å². The van der Waals surface area contributed by atoms with Gasteiger partial charge in [0.1, 0.15) is 0 Å². The smallest absolute Gasteiger partial charge is 0.251 e. The molecule has 1 rings (SSSR count). The summed E-state index contributed by atoms with van der Waals surface area (Å²) < 4.78 is 0. The lowest BCUT2D eigenvalue weighted by Crippen LogP contribution is -2.31. The van der Waals surface area contributed by atoms with E-state index in [2.05, 4.69) is 18.5 Å². The molecule has 0 radical (unpaired) electrons. The van der Waals surface area contributed by atoms with Crippen molar-refractivity contribution in [3.63, 3.8) is 0 Å². The monoisotopic (exact) mass is 187 g/mol. The van der Waals surface area contributed by atoms with Crippen LogP contribution in [0, 0.1) is 0 Å². The molecule has 1 aromatic rings. The van der Waals surface area contributed by atoms with Crippen molar-refractivity contribution < 1.29 is 4.79 Å². The summed E-state index contributed by atoms with van der Waals surface area (Å²) in [6.45, 7) is 7.19. The molecule has 0 aliphatic rings. The van der Waals surface area contributed by atoms with Gasteiger partial charge in [-0.2, -0.15) is 0 Å². The quantitative estimate of drug-likeness (QED) is 0.719. The van der Waals surface area contributed by atoms with Gasteiger partial charge in [-0.1, -0.05) is 30.4 Å². The zero-order valence-electron chi connectivity index (χ0n) is 7.94. The Labute approximate surface area is 84.0 Å². The Morgan fingerprint density at radius 3 is 2.29 bits per heavy atom. The summed E-state index contributed by atoms with van der Waals surface area (Å²) >= 11 is 0. The number of nitrogens with one attached hydrogen (secondary N) is 1. The van der Waals surface area contributed by atoms with E-state index < -0.39 is 0 Å². The lowest BCUT2D eigenvalue weighted by atomic mass is 10.2. The zero-order chi connectivity index (χ0) is 10.4. The van der Waals surface area contributed by atoms with Gasteiger partial charge in [0, 0.05) is 5.56 Å². The van der Waals surface area contributed by atoms with Crippen LogP contribution in [0.25, 0.3) is 0 Å². The van der Waals surface area contributed by atoms with Crippen LogP contribution in [-0.4, -0.2) is 11.9 Å². The van der Waals surface area contributed by atoms with Crippen LogP contribution in [0.15, 0.2) is 55.6 Å². The number of rotatable bonds is 4. The SMILES string of the molecule is C=CC(C=C)NC(=O)c1ccccc1. The summed E-state index contributed by atoms with van der Waals surface area (Å²) in [5.74, 6) is -0.115. The minimum atomic E-state index is -0.178. The summed E-state index contributed by atoms with van der Waals surface area (Å²) in [4.78, 5) is 11.6. The summed E-state index contributed by atoms with van der Waals surface area (Å²) in [5.41, 5.74) is 0.640. The molecule has 2 heteroatoms. The number of benzene rings is 1. The first-order valence-corrected chi connectivity index (χ1v) is 4.39. The second-order valence-corrected chi connectivity index (χ2v) is 2.84. The Kier molecular flexibility index (Phi) is 3.68. The predicted octanol–water partition coefficient (Wildman–Crippen LogP) is 2.16. The zero-order valence-corrected chi connectivity index (χ0v) is 7.94. The van der Waals surface area contributed by atoms with Gasteiger partial charge in [-0.15, -0.1) is 13.2 Å². The minimum absolute atomic E-state index is 0.115. The molecule has 0 aromatic heterocycles. The van der Waals surface area contributed by atoms with Crippen molar-refractivity contribution in [3.05, 3.63) is 61.2 Å². The van der Waals surface area contributed by atoms with E-state index in [0.717, 1.165) is 0 Å². The molecule has 0 atom stereocenters. The molecule has 0 bridgehead atoms. The fourth-order valence-corrected chi connectivity index (χ4v) is 1.04. The molecule has 1 amide bonds. The Morgan fingerprint density at radius 1 is 1.21 bits per heavy atom. The van der Waals surface area contributed by atoms with E-state index in [1.165, 1.54) is 0 Å². The van der Waals surface area contributed by atoms with Crippen molar-refractivity contribution in [2.24, 2.45) is 0 Å². The molecule has 2 nitrogen and oxygen atoms in total. The van der Waals surface area contributed by atoms with Gasteiger partial charge < -0.3 is 5.32 Å².